The number of esters is 1. The number of carbonyl (C=O) groups is 1. The highest BCUT2D eigenvalue weighted by atomic mass is 127. The van der Waals surface area contributed by atoms with Crippen molar-refractivity contribution in [3.63, 3.8) is 0 Å². The number of benzene rings is 1. The molecule has 0 aliphatic carbocycles. The van der Waals surface area contributed by atoms with E-state index in [1.54, 1.807) is 7.11 Å². The predicted octanol–water partition coefficient (Wildman–Crippen LogP) is 4.71. The van der Waals surface area contributed by atoms with Gasteiger partial charge in [-0.3, -0.25) is 4.79 Å². The van der Waals surface area contributed by atoms with E-state index in [9.17, 15) is 4.79 Å². The van der Waals surface area contributed by atoms with E-state index in [1.807, 2.05) is 38.1 Å². The summed E-state index contributed by atoms with van der Waals surface area (Å²) in [5.74, 6) is -0.0269. The van der Waals surface area contributed by atoms with E-state index in [1.165, 1.54) is 0 Å². The minimum Gasteiger partial charge on any atom is -0.459 e. The van der Waals surface area contributed by atoms with Crippen LogP contribution >= 0.6 is 22.6 Å². The molecule has 4 nitrogen and oxygen atoms in total. The summed E-state index contributed by atoms with van der Waals surface area (Å²) in [6, 6.07) is 7.99. The van der Waals surface area contributed by atoms with Crippen LogP contribution in [0.1, 0.15) is 51.7 Å². The van der Waals surface area contributed by atoms with Gasteiger partial charge in [0, 0.05) is 17.1 Å². The molecule has 1 rings (SSSR count). The molecule has 0 unspecified atom stereocenters. The standard InChI is InChI=1S/C18H27IO4/c1-5-6-11-16(20)23-17(13(2)3)18(22-12-21-4)14-9-7-8-10-15(14)19/h7-10,13,17-18H,5-6,11-12H2,1-4H3/t17-,18-/m0/s1. The first kappa shape index (κ1) is 20.4. The molecule has 0 aliphatic rings. The summed E-state index contributed by atoms with van der Waals surface area (Å²) in [7, 11) is 1.59. The van der Waals surface area contributed by atoms with Crippen LogP contribution in [0.25, 0.3) is 0 Å². The number of hydrogen-bond acceptors (Lipinski definition) is 4. The summed E-state index contributed by atoms with van der Waals surface area (Å²) in [4.78, 5) is 12.1. The SMILES string of the molecule is CCCCC(=O)O[C@@H](C(C)C)[C@@H](OCOC)c1ccccc1I. The summed E-state index contributed by atoms with van der Waals surface area (Å²) in [5.41, 5.74) is 1.02. The van der Waals surface area contributed by atoms with Gasteiger partial charge in [0.05, 0.1) is 0 Å². The molecule has 23 heavy (non-hydrogen) atoms. The quantitative estimate of drug-likeness (QED) is 0.304. The Morgan fingerprint density at radius 1 is 1.26 bits per heavy atom. The lowest BCUT2D eigenvalue weighted by atomic mass is 9.95. The molecule has 0 aliphatic heterocycles. The normalized spacial score (nSPS) is 13.8. The van der Waals surface area contributed by atoms with Crippen molar-refractivity contribution in [1.82, 2.24) is 0 Å². The summed E-state index contributed by atoms with van der Waals surface area (Å²) in [6.07, 6.45) is 1.58. The fourth-order valence-electron chi connectivity index (χ4n) is 2.29. The first-order valence-corrected chi connectivity index (χ1v) is 9.13. The number of methoxy groups -OCH3 is 1. The number of halogens is 1. The highest BCUT2D eigenvalue weighted by molar-refractivity contribution is 14.1. The minimum atomic E-state index is -0.342. The Morgan fingerprint density at radius 3 is 2.52 bits per heavy atom. The van der Waals surface area contributed by atoms with Crippen LogP contribution in [-0.2, 0) is 19.0 Å². The zero-order chi connectivity index (χ0) is 17.2. The molecule has 0 aromatic heterocycles. The molecule has 0 saturated heterocycles. The van der Waals surface area contributed by atoms with Gasteiger partial charge in [-0.25, -0.2) is 0 Å². The molecular weight excluding hydrogens is 407 g/mol. The van der Waals surface area contributed by atoms with Gasteiger partial charge in [0.1, 0.15) is 19.0 Å². The molecular formula is C18H27IO4. The topological polar surface area (TPSA) is 44.8 Å². The zero-order valence-corrected chi connectivity index (χ0v) is 16.5. The van der Waals surface area contributed by atoms with E-state index in [2.05, 4.69) is 29.5 Å². The van der Waals surface area contributed by atoms with Crippen LogP contribution < -0.4 is 0 Å². The Balaban J connectivity index is 2.99. The zero-order valence-electron chi connectivity index (χ0n) is 14.4. The van der Waals surface area contributed by atoms with Gasteiger partial charge in [-0.2, -0.15) is 0 Å². The lowest BCUT2D eigenvalue weighted by Gasteiger charge is -2.30. The van der Waals surface area contributed by atoms with Crippen molar-refractivity contribution in [3.8, 4) is 0 Å². The van der Waals surface area contributed by atoms with E-state index in [0.717, 1.165) is 22.0 Å². The second kappa shape index (κ2) is 11.0. The van der Waals surface area contributed by atoms with Crippen molar-refractivity contribution in [3.05, 3.63) is 33.4 Å². The first-order chi connectivity index (χ1) is 11.0. The van der Waals surface area contributed by atoms with E-state index in [4.69, 9.17) is 14.2 Å². The molecule has 0 amide bonds. The number of ether oxygens (including phenoxy) is 3. The number of hydrogen-bond donors (Lipinski definition) is 0. The van der Waals surface area contributed by atoms with Crippen LogP contribution in [0.15, 0.2) is 24.3 Å². The van der Waals surface area contributed by atoms with Crippen LogP contribution in [0.4, 0.5) is 0 Å². The Hall–Kier alpha value is -0.660. The van der Waals surface area contributed by atoms with Gasteiger partial charge >= 0.3 is 5.97 Å². The van der Waals surface area contributed by atoms with Crippen molar-refractivity contribution in [2.24, 2.45) is 5.92 Å². The molecule has 0 heterocycles. The molecule has 1 aromatic rings. The van der Waals surface area contributed by atoms with E-state index < -0.39 is 0 Å². The first-order valence-electron chi connectivity index (χ1n) is 8.05. The van der Waals surface area contributed by atoms with Crippen LogP contribution in [-0.4, -0.2) is 26.0 Å². The third kappa shape index (κ3) is 6.77. The third-order valence-corrected chi connectivity index (χ3v) is 4.52. The van der Waals surface area contributed by atoms with Gasteiger partial charge in [0.2, 0.25) is 0 Å². The molecule has 0 radical (unpaired) electrons. The van der Waals surface area contributed by atoms with Crippen molar-refractivity contribution in [2.75, 3.05) is 13.9 Å². The Kier molecular flexibility index (Phi) is 9.74. The number of unbranched alkanes of at least 4 members (excludes halogenated alkanes) is 1. The molecule has 0 spiro atoms. The van der Waals surface area contributed by atoms with Crippen LogP contribution in [0.2, 0.25) is 0 Å². The van der Waals surface area contributed by atoms with Crippen molar-refractivity contribution < 1.29 is 19.0 Å². The molecule has 5 heteroatoms. The van der Waals surface area contributed by atoms with Gasteiger partial charge in [-0.1, -0.05) is 45.4 Å². The monoisotopic (exact) mass is 434 g/mol. The predicted molar refractivity (Wildman–Crippen MR) is 99.1 cm³/mol. The lowest BCUT2D eigenvalue weighted by molar-refractivity contribution is -0.172. The smallest absolute Gasteiger partial charge is 0.306 e. The van der Waals surface area contributed by atoms with E-state index in [0.29, 0.717) is 6.42 Å². The molecule has 130 valence electrons. The second-order valence-corrected chi connectivity index (χ2v) is 6.98. The Bertz CT molecular complexity index is 476. The van der Waals surface area contributed by atoms with Gasteiger partial charge < -0.3 is 14.2 Å². The van der Waals surface area contributed by atoms with Crippen molar-refractivity contribution in [1.29, 1.82) is 0 Å². The summed E-state index contributed by atoms with van der Waals surface area (Å²) < 4.78 is 17.8. The maximum atomic E-state index is 12.1. The summed E-state index contributed by atoms with van der Waals surface area (Å²) in [5, 5.41) is 0. The number of rotatable bonds is 10. The molecule has 0 N–H and O–H groups in total. The second-order valence-electron chi connectivity index (χ2n) is 5.82. The fourth-order valence-corrected chi connectivity index (χ4v) is 2.98. The molecule has 2 atom stereocenters. The number of carbonyl (C=O) groups excluding carboxylic acids is 1. The van der Waals surface area contributed by atoms with Crippen LogP contribution in [0.3, 0.4) is 0 Å². The van der Waals surface area contributed by atoms with Gasteiger partial charge in [-0.15, -0.1) is 0 Å². The lowest BCUT2D eigenvalue weighted by Crippen LogP contribution is -2.33. The van der Waals surface area contributed by atoms with E-state index in [-0.39, 0.29) is 30.9 Å². The Labute approximate surface area is 153 Å². The van der Waals surface area contributed by atoms with Crippen LogP contribution in [0.5, 0.6) is 0 Å². The molecule has 0 saturated carbocycles. The molecule has 0 bridgehead atoms. The average Bonchev–Trinajstić information content (AvgIpc) is 2.53. The van der Waals surface area contributed by atoms with Gasteiger partial charge in [-0.05, 0) is 46.6 Å². The minimum absolute atomic E-state index is 0.137. The fraction of sp³-hybridized carbons (Fsp3) is 0.611. The maximum absolute atomic E-state index is 12.1. The molecule has 1 aromatic carbocycles. The van der Waals surface area contributed by atoms with Crippen molar-refractivity contribution in [2.45, 2.75) is 52.2 Å². The van der Waals surface area contributed by atoms with E-state index >= 15 is 0 Å². The highest BCUT2D eigenvalue weighted by Gasteiger charge is 2.31. The van der Waals surface area contributed by atoms with Crippen LogP contribution in [0, 0.1) is 9.49 Å². The van der Waals surface area contributed by atoms with Crippen molar-refractivity contribution >= 4 is 28.6 Å². The summed E-state index contributed by atoms with van der Waals surface area (Å²) >= 11 is 2.28. The Morgan fingerprint density at radius 2 is 1.96 bits per heavy atom. The molecule has 0 fully saturated rings. The largest absolute Gasteiger partial charge is 0.459 e. The maximum Gasteiger partial charge on any atom is 0.306 e. The highest BCUT2D eigenvalue weighted by Crippen LogP contribution is 2.31. The average molecular weight is 434 g/mol. The third-order valence-electron chi connectivity index (χ3n) is 3.53. The van der Waals surface area contributed by atoms with Gasteiger partial charge in [0.25, 0.3) is 0 Å². The van der Waals surface area contributed by atoms with Gasteiger partial charge in [0.15, 0.2) is 0 Å². The summed E-state index contributed by atoms with van der Waals surface area (Å²) in [6.45, 7) is 6.29.